The molecule has 2 aromatic carbocycles. The van der Waals surface area contributed by atoms with Gasteiger partial charge in [-0.3, -0.25) is 0 Å². The van der Waals surface area contributed by atoms with Gasteiger partial charge in [-0.1, -0.05) is 173 Å². The summed E-state index contributed by atoms with van der Waals surface area (Å²) < 4.78 is 35.9. The Morgan fingerprint density at radius 2 is 0.860 bits per heavy atom. The van der Waals surface area contributed by atoms with Gasteiger partial charge in [-0.25, -0.2) is 8.42 Å². The molecule has 0 aliphatic rings. The van der Waals surface area contributed by atoms with E-state index in [0.29, 0.717) is 5.39 Å². The molecule has 2 aromatic rings. The van der Waals surface area contributed by atoms with Crippen LogP contribution >= 0.6 is 0 Å². The van der Waals surface area contributed by atoms with Crippen molar-refractivity contribution in [1.29, 1.82) is 0 Å². The van der Waals surface area contributed by atoms with E-state index < -0.39 is 10.1 Å². The van der Waals surface area contributed by atoms with Crippen LogP contribution in [0, 0.1) is 0 Å². The fraction of sp³-hybridized carbons (Fsp3) is 0.737. The molecule has 0 fully saturated rings. The standard InChI is InChI=1S/C38H64O3S.K/c1-3-5-7-9-11-13-15-17-19-21-23-25-28-34-32-36-30-27-31-38(42(39,40)41)37(36)33-35(34)29-26-24-22-20-18-16-14-12-10-8-6-4-2;/h27,30-33H,3-26,28-29H2,1-2H3,(H,39,40,41);/q;+1/p-1. The maximum Gasteiger partial charge on any atom is 1.00 e. The van der Waals surface area contributed by atoms with Crippen molar-refractivity contribution in [3.05, 3.63) is 41.5 Å². The van der Waals surface area contributed by atoms with Gasteiger partial charge in [-0.2, -0.15) is 0 Å². The second kappa shape index (κ2) is 26.3. The van der Waals surface area contributed by atoms with Crippen molar-refractivity contribution in [3.63, 3.8) is 0 Å². The van der Waals surface area contributed by atoms with Crippen LogP contribution < -0.4 is 51.4 Å². The quantitative estimate of drug-likeness (QED) is 0.0557. The fourth-order valence-electron chi connectivity index (χ4n) is 6.38. The number of rotatable bonds is 27. The third kappa shape index (κ3) is 18.9. The molecule has 0 aliphatic heterocycles. The Balaban J connectivity index is 0.00000924. The number of unbranched alkanes of at least 4 members (excludes halogenated alkanes) is 22. The molecule has 0 aromatic heterocycles. The minimum absolute atomic E-state index is 0. The number of fused-ring (bicyclic) bond motifs is 1. The first kappa shape index (κ1) is 41.3. The Kier molecular flexibility index (Phi) is 25.3. The van der Waals surface area contributed by atoms with E-state index in [1.165, 1.54) is 165 Å². The zero-order chi connectivity index (χ0) is 30.3. The minimum atomic E-state index is -4.50. The van der Waals surface area contributed by atoms with Crippen LogP contribution in [-0.2, 0) is 23.0 Å². The summed E-state index contributed by atoms with van der Waals surface area (Å²) in [5.74, 6) is 0. The Bertz CT molecular complexity index is 1070. The Morgan fingerprint density at radius 1 is 0.512 bits per heavy atom. The summed E-state index contributed by atoms with van der Waals surface area (Å²) in [6.07, 6.45) is 34.0. The first-order valence-electron chi connectivity index (χ1n) is 18.0. The third-order valence-corrected chi connectivity index (χ3v) is 9.92. The second-order valence-corrected chi connectivity index (χ2v) is 14.2. The molecule has 3 nitrogen and oxygen atoms in total. The number of aryl methyl sites for hydroxylation is 2. The van der Waals surface area contributed by atoms with Gasteiger partial charge in [-0.15, -0.1) is 0 Å². The van der Waals surface area contributed by atoms with Crippen molar-refractivity contribution in [2.24, 2.45) is 0 Å². The molecule has 0 unspecified atom stereocenters. The van der Waals surface area contributed by atoms with Gasteiger partial charge in [0, 0.05) is 0 Å². The van der Waals surface area contributed by atoms with Crippen LogP contribution in [0.15, 0.2) is 35.2 Å². The summed E-state index contributed by atoms with van der Waals surface area (Å²) in [6.45, 7) is 4.55. The van der Waals surface area contributed by atoms with E-state index in [1.807, 2.05) is 12.1 Å². The molecule has 0 saturated carbocycles. The topological polar surface area (TPSA) is 57.2 Å². The molecule has 0 radical (unpaired) electrons. The molecule has 0 aliphatic carbocycles. The molecule has 43 heavy (non-hydrogen) atoms. The van der Waals surface area contributed by atoms with Crippen LogP contribution in [0.1, 0.15) is 179 Å². The van der Waals surface area contributed by atoms with Gasteiger partial charge in [0.25, 0.3) is 0 Å². The van der Waals surface area contributed by atoms with E-state index in [1.54, 1.807) is 6.07 Å². The van der Waals surface area contributed by atoms with Crippen LogP contribution in [0.4, 0.5) is 0 Å². The average molecular weight is 639 g/mol. The van der Waals surface area contributed by atoms with Crippen LogP contribution in [0.5, 0.6) is 0 Å². The molecule has 0 bridgehead atoms. The summed E-state index contributed by atoms with van der Waals surface area (Å²) >= 11 is 0. The predicted molar refractivity (Wildman–Crippen MR) is 181 cm³/mol. The Labute approximate surface area is 309 Å². The van der Waals surface area contributed by atoms with Crippen LogP contribution in [-0.4, -0.2) is 13.0 Å². The predicted octanol–water partition coefficient (Wildman–Crippen LogP) is 9.24. The third-order valence-electron chi connectivity index (χ3n) is 9.03. The van der Waals surface area contributed by atoms with E-state index in [4.69, 9.17) is 0 Å². The fourth-order valence-corrected chi connectivity index (χ4v) is 7.08. The SMILES string of the molecule is CCCCCCCCCCCCCCc1cc2cccc(S(=O)(=O)[O-])c2cc1CCCCCCCCCCCCCC.[K+]. The van der Waals surface area contributed by atoms with Crippen molar-refractivity contribution in [2.45, 2.75) is 186 Å². The van der Waals surface area contributed by atoms with E-state index >= 15 is 0 Å². The van der Waals surface area contributed by atoms with Gasteiger partial charge < -0.3 is 4.55 Å². The molecule has 5 heteroatoms. The summed E-state index contributed by atoms with van der Waals surface area (Å²) in [6, 6.07) is 9.30. The van der Waals surface area contributed by atoms with Crippen LogP contribution in [0.25, 0.3) is 10.8 Å². The smallest absolute Gasteiger partial charge is 0.744 e. The summed E-state index contributed by atoms with van der Waals surface area (Å²) in [5, 5.41) is 1.47. The molecule has 0 N–H and O–H groups in total. The zero-order valence-corrected chi connectivity index (χ0v) is 32.3. The first-order valence-corrected chi connectivity index (χ1v) is 19.4. The Morgan fingerprint density at radius 3 is 1.23 bits per heavy atom. The summed E-state index contributed by atoms with van der Waals surface area (Å²) in [7, 11) is -4.50. The maximum atomic E-state index is 12.0. The molecular weight excluding hydrogens is 576 g/mol. The molecule has 0 amide bonds. The first-order chi connectivity index (χ1) is 20.5. The van der Waals surface area contributed by atoms with E-state index in [0.717, 1.165) is 24.6 Å². The van der Waals surface area contributed by atoms with Crippen molar-refractivity contribution in [1.82, 2.24) is 0 Å². The molecule has 0 atom stereocenters. The number of hydrogen-bond acceptors (Lipinski definition) is 3. The molecule has 2 rings (SSSR count). The number of hydrogen-bond donors (Lipinski definition) is 0. The van der Waals surface area contributed by atoms with Gasteiger partial charge in [0.15, 0.2) is 0 Å². The molecule has 0 heterocycles. The minimum Gasteiger partial charge on any atom is -0.744 e. The molecule has 0 saturated heterocycles. The Hall–Kier alpha value is 0.246. The molecular formula is C38H63KO3S. The van der Waals surface area contributed by atoms with Gasteiger partial charge in [0.1, 0.15) is 10.1 Å². The molecule has 240 valence electrons. The summed E-state index contributed by atoms with van der Waals surface area (Å²) in [4.78, 5) is -0.0761. The van der Waals surface area contributed by atoms with Crippen molar-refractivity contribution in [2.75, 3.05) is 0 Å². The van der Waals surface area contributed by atoms with Crippen molar-refractivity contribution >= 4 is 20.9 Å². The van der Waals surface area contributed by atoms with Gasteiger partial charge in [0.05, 0.1) is 4.90 Å². The zero-order valence-electron chi connectivity index (χ0n) is 28.4. The summed E-state index contributed by atoms with van der Waals surface area (Å²) in [5.41, 5.74) is 2.59. The van der Waals surface area contributed by atoms with E-state index in [-0.39, 0.29) is 56.3 Å². The molecule has 0 spiro atoms. The van der Waals surface area contributed by atoms with Crippen molar-refractivity contribution in [3.8, 4) is 0 Å². The van der Waals surface area contributed by atoms with Crippen molar-refractivity contribution < 1.29 is 64.4 Å². The van der Waals surface area contributed by atoms with Crippen LogP contribution in [0.3, 0.4) is 0 Å². The average Bonchev–Trinajstić information content (AvgIpc) is 2.97. The van der Waals surface area contributed by atoms with E-state index in [9.17, 15) is 13.0 Å². The maximum absolute atomic E-state index is 12.0. The van der Waals surface area contributed by atoms with Gasteiger partial charge in [0.2, 0.25) is 0 Å². The van der Waals surface area contributed by atoms with E-state index in [2.05, 4.69) is 19.9 Å². The normalized spacial score (nSPS) is 11.7. The largest absolute Gasteiger partial charge is 1.00 e. The second-order valence-electron chi connectivity index (χ2n) is 12.8. The van der Waals surface area contributed by atoms with Crippen LogP contribution in [0.2, 0.25) is 0 Å². The monoisotopic (exact) mass is 638 g/mol. The van der Waals surface area contributed by atoms with Gasteiger partial charge >= 0.3 is 51.4 Å². The van der Waals surface area contributed by atoms with Gasteiger partial charge in [-0.05, 0) is 59.7 Å². The number of benzene rings is 2.